The molecule has 0 radical (unpaired) electrons. The minimum absolute atomic E-state index is 0.233. The zero-order valence-electron chi connectivity index (χ0n) is 8.95. The first-order chi connectivity index (χ1) is 6.57. The standard InChI is InChI=1S/C10H20N2O2/c1-10(11(13)6-2-3-7-11)12(14)8-4-5-9-12/h10H,2-9H2,1H3. The van der Waals surface area contributed by atoms with Crippen molar-refractivity contribution in [3.8, 4) is 0 Å². The molecule has 0 unspecified atom stereocenters. The SMILES string of the molecule is CC([N+]1([O-])CCCC1)[N+]1([O-])CCCC1. The summed E-state index contributed by atoms with van der Waals surface area (Å²) in [6.07, 6.45) is 3.68. The summed E-state index contributed by atoms with van der Waals surface area (Å²) in [6.45, 7) is 4.48. The van der Waals surface area contributed by atoms with Gasteiger partial charge in [-0.3, -0.25) is 0 Å². The van der Waals surface area contributed by atoms with Gasteiger partial charge in [0, 0.05) is 32.6 Å². The molecule has 2 aliphatic rings. The average molecular weight is 200 g/mol. The third-order valence-electron chi connectivity index (χ3n) is 4.01. The van der Waals surface area contributed by atoms with Crippen LogP contribution in [0.2, 0.25) is 0 Å². The molecule has 0 aromatic heterocycles. The molecule has 0 amide bonds. The molecular formula is C10H20N2O2. The van der Waals surface area contributed by atoms with Gasteiger partial charge in [-0.2, -0.15) is 0 Å². The van der Waals surface area contributed by atoms with Crippen molar-refractivity contribution in [1.82, 2.24) is 0 Å². The molecule has 2 aliphatic heterocycles. The van der Waals surface area contributed by atoms with E-state index >= 15 is 0 Å². The monoisotopic (exact) mass is 200 g/mol. The van der Waals surface area contributed by atoms with Crippen LogP contribution in [0.15, 0.2) is 0 Å². The van der Waals surface area contributed by atoms with Crippen molar-refractivity contribution in [3.63, 3.8) is 0 Å². The minimum Gasteiger partial charge on any atom is -0.628 e. The molecule has 0 atom stereocenters. The molecule has 2 fully saturated rings. The summed E-state index contributed by atoms with van der Waals surface area (Å²) in [6, 6.07) is 0. The third kappa shape index (κ3) is 1.56. The molecule has 0 aromatic carbocycles. The van der Waals surface area contributed by atoms with Gasteiger partial charge in [0.25, 0.3) is 0 Å². The molecule has 4 heteroatoms. The zero-order chi connectivity index (χ0) is 10.2. The first-order valence-electron chi connectivity index (χ1n) is 5.72. The third-order valence-corrected chi connectivity index (χ3v) is 4.01. The lowest BCUT2D eigenvalue weighted by molar-refractivity contribution is -1.08. The van der Waals surface area contributed by atoms with Gasteiger partial charge < -0.3 is 19.7 Å². The molecule has 2 rings (SSSR count). The predicted molar refractivity (Wildman–Crippen MR) is 54.7 cm³/mol. The summed E-state index contributed by atoms with van der Waals surface area (Å²) < 4.78 is -0.465. The maximum Gasteiger partial charge on any atom is 0.213 e. The minimum atomic E-state index is -0.292. The lowest BCUT2D eigenvalue weighted by Gasteiger charge is -2.54. The van der Waals surface area contributed by atoms with Crippen LogP contribution in [-0.4, -0.2) is 41.6 Å². The van der Waals surface area contributed by atoms with Gasteiger partial charge in [0.05, 0.1) is 26.2 Å². The summed E-state index contributed by atoms with van der Waals surface area (Å²) in [5, 5.41) is 24.6. The van der Waals surface area contributed by atoms with Crippen LogP contribution in [0, 0.1) is 10.4 Å². The van der Waals surface area contributed by atoms with Crippen molar-refractivity contribution in [2.45, 2.75) is 38.8 Å². The predicted octanol–water partition coefficient (Wildman–Crippen LogP) is 1.55. The summed E-state index contributed by atoms with van der Waals surface area (Å²) in [4.78, 5) is 0. The van der Waals surface area contributed by atoms with Gasteiger partial charge in [0.2, 0.25) is 6.17 Å². The number of hydroxylamine groups is 6. The summed E-state index contributed by atoms with van der Waals surface area (Å²) in [7, 11) is 0. The molecule has 0 aromatic rings. The highest BCUT2D eigenvalue weighted by molar-refractivity contribution is 4.62. The molecule has 2 saturated heterocycles. The molecular weight excluding hydrogens is 180 g/mol. The fourth-order valence-electron chi connectivity index (χ4n) is 2.87. The largest absolute Gasteiger partial charge is 0.628 e. The van der Waals surface area contributed by atoms with Crippen LogP contribution in [0.25, 0.3) is 0 Å². The van der Waals surface area contributed by atoms with Gasteiger partial charge in [-0.05, 0) is 0 Å². The Morgan fingerprint density at radius 1 is 0.786 bits per heavy atom. The number of quaternary nitrogens is 2. The van der Waals surface area contributed by atoms with Gasteiger partial charge in [0.1, 0.15) is 0 Å². The van der Waals surface area contributed by atoms with E-state index in [1.54, 1.807) is 0 Å². The van der Waals surface area contributed by atoms with Gasteiger partial charge in [-0.25, -0.2) is 0 Å². The van der Waals surface area contributed by atoms with Gasteiger partial charge in [-0.15, -0.1) is 0 Å². The molecule has 0 spiro atoms. The van der Waals surface area contributed by atoms with Crippen LogP contribution in [0.5, 0.6) is 0 Å². The van der Waals surface area contributed by atoms with Crippen molar-refractivity contribution in [2.75, 3.05) is 26.2 Å². The Morgan fingerprint density at radius 2 is 1.07 bits per heavy atom. The van der Waals surface area contributed by atoms with Crippen molar-refractivity contribution in [3.05, 3.63) is 10.4 Å². The molecule has 14 heavy (non-hydrogen) atoms. The van der Waals surface area contributed by atoms with Crippen LogP contribution >= 0.6 is 0 Å². The smallest absolute Gasteiger partial charge is 0.213 e. The molecule has 0 aliphatic carbocycles. The van der Waals surface area contributed by atoms with Crippen LogP contribution in [0.1, 0.15) is 32.6 Å². The summed E-state index contributed by atoms with van der Waals surface area (Å²) in [5.41, 5.74) is 0. The second-order valence-corrected chi connectivity index (χ2v) is 4.85. The summed E-state index contributed by atoms with van der Waals surface area (Å²) >= 11 is 0. The van der Waals surface area contributed by atoms with Crippen molar-refractivity contribution < 1.29 is 9.29 Å². The average Bonchev–Trinajstić information content (AvgIpc) is 2.75. The number of nitrogens with zero attached hydrogens (tertiary/aromatic N) is 2. The van der Waals surface area contributed by atoms with Crippen LogP contribution in [-0.2, 0) is 0 Å². The number of hydrogen-bond acceptors (Lipinski definition) is 2. The second kappa shape index (κ2) is 3.45. The van der Waals surface area contributed by atoms with E-state index in [4.69, 9.17) is 0 Å². The Morgan fingerprint density at radius 3 is 1.36 bits per heavy atom. The normalized spacial score (nSPS) is 30.0. The van der Waals surface area contributed by atoms with Crippen molar-refractivity contribution in [1.29, 1.82) is 0 Å². The molecule has 0 saturated carbocycles. The Kier molecular flexibility index (Phi) is 2.55. The molecule has 4 nitrogen and oxygen atoms in total. The molecule has 0 bridgehead atoms. The van der Waals surface area contributed by atoms with E-state index in [2.05, 4.69) is 0 Å². The Hall–Kier alpha value is -0.160. The fraction of sp³-hybridized carbons (Fsp3) is 1.00. The maximum absolute atomic E-state index is 12.3. The van der Waals surface area contributed by atoms with E-state index in [9.17, 15) is 10.4 Å². The van der Waals surface area contributed by atoms with Gasteiger partial charge in [0.15, 0.2) is 0 Å². The quantitative estimate of drug-likeness (QED) is 0.501. The number of rotatable bonds is 2. The van der Waals surface area contributed by atoms with E-state index in [0.717, 1.165) is 25.7 Å². The second-order valence-electron chi connectivity index (χ2n) is 4.85. The zero-order valence-corrected chi connectivity index (χ0v) is 8.95. The molecule has 0 N–H and O–H groups in total. The van der Waals surface area contributed by atoms with Gasteiger partial charge in [-0.1, -0.05) is 0 Å². The number of hydrogen-bond donors (Lipinski definition) is 0. The fourth-order valence-corrected chi connectivity index (χ4v) is 2.87. The van der Waals surface area contributed by atoms with E-state index in [1.807, 2.05) is 6.92 Å². The van der Waals surface area contributed by atoms with E-state index in [1.165, 1.54) is 0 Å². The molecule has 2 heterocycles. The Balaban J connectivity index is 2.09. The van der Waals surface area contributed by atoms with Crippen molar-refractivity contribution >= 4 is 0 Å². The first kappa shape index (κ1) is 10.4. The Bertz CT molecular complexity index is 186. The lowest BCUT2D eigenvalue weighted by Crippen LogP contribution is -2.62. The summed E-state index contributed by atoms with van der Waals surface area (Å²) in [5.74, 6) is 0. The van der Waals surface area contributed by atoms with Crippen molar-refractivity contribution in [2.24, 2.45) is 0 Å². The van der Waals surface area contributed by atoms with E-state index < -0.39 is 0 Å². The van der Waals surface area contributed by atoms with E-state index in [0.29, 0.717) is 26.2 Å². The molecule has 82 valence electrons. The lowest BCUT2D eigenvalue weighted by atomic mass is 10.4. The Labute approximate surface area is 85.4 Å². The highest BCUT2D eigenvalue weighted by atomic mass is 16.6. The van der Waals surface area contributed by atoms with Crippen LogP contribution in [0.3, 0.4) is 0 Å². The topological polar surface area (TPSA) is 46.1 Å². The number of likely N-dealkylation sites (tertiary alicyclic amines) is 2. The highest BCUT2D eigenvalue weighted by Crippen LogP contribution is 2.31. The first-order valence-corrected chi connectivity index (χ1v) is 5.72. The van der Waals surface area contributed by atoms with E-state index in [-0.39, 0.29) is 15.5 Å². The maximum atomic E-state index is 12.3. The highest BCUT2D eigenvalue weighted by Gasteiger charge is 2.41. The van der Waals surface area contributed by atoms with Gasteiger partial charge >= 0.3 is 0 Å². The van der Waals surface area contributed by atoms with Crippen LogP contribution < -0.4 is 0 Å². The van der Waals surface area contributed by atoms with Crippen LogP contribution in [0.4, 0.5) is 0 Å².